The van der Waals surface area contributed by atoms with Crippen LogP contribution >= 0.6 is 0 Å². The minimum absolute atomic E-state index is 0. The predicted octanol–water partition coefficient (Wildman–Crippen LogP) is 4.73. The molecule has 51 heavy (non-hydrogen) atoms. The second-order valence-electron chi connectivity index (χ2n) is 10.6. The molecule has 2 aliphatic rings. The van der Waals surface area contributed by atoms with E-state index in [1.165, 1.54) is 14.2 Å². The van der Waals surface area contributed by atoms with Gasteiger partial charge in [0.1, 0.15) is 11.1 Å². The number of methoxy groups -OCH3 is 2. The minimum Gasteiger partial charge on any atom is -0.479 e. The number of carbonyl (C=O) groups excluding carboxylic acids is 2. The van der Waals surface area contributed by atoms with E-state index in [1.807, 2.05) is 121 Å². The van der Waals surface area contributed by atoms with Crippen LogP contribution in [-0.4, -0.2) is 66.7 Å². The van der Waals surface area contributed by atoms with Crippen molar-refractivity contribution in [3.05, 3.63) is 154 Å². The molecule has 1 radical (unpaired) electrons. The molecule has 4 N–H and O–H groups in total. The number of amides is 2. The summed E-state index contributed by atoms with van der Waals surface area (Å²) in [5.74, 6) is -0.674. The van der Waals surface area contributed by atoms with Crippen molar-refractivity contribution in [2.75, 3.05) is 26.7 Å². The van der Waals surface area contributed by atoms with Crippen molar-refractivity contribution < 1.29 is 40.3 Å². The van der Waals surface area contributed by atoms with Crippen LogP contribution in [0, 0.1) is 10.8 Å². The Morgan fingerprint density at radius 1 is 0.588 bits per heavy atom. The molecule has 4 aromatic rings. The van der Waals surface area contributed by atoms with Crippen LogP contribution in [0.3, 0.4) is 0 Å². The Hall–Kier alpha value is -5.63. The number of aliphatic imine (C=N–C) groups is 2. The molecule has 0 saturated carbocycles. The van der Waals surface area contributed by atoms with E-state index in [-0.39, 0.29) is 41.0 Å². The summed E-state index contributed by atoms with van der Waals surface area (Å²) in [5.41, 5.74) is 0.417. The molecule has 267 valence electrons. The van der Waals surface area contributed by atoms with Crippen molar-refractivity contribution in [1.82, 2.24) is 10.6 Å². The van der Waals surface area contributed by atoms with Gasteiger partial charge in [-0.15, -0.1) is 0 Å². The van der Waals surface area contributed by atoms with Crippen LogP contribution in [0.2, 0.25) is 0 Å². The van der Waals surface area contributed by atoms with Crippen LogP contribution < -0.4 is 10.6 Å². The van der Waals surface area contributed by atoms with Crippen LogP contribution in [0.15, 0.2) is 131 Å². The third-order valence-electron chi connectivity index (χ3n) is 7.21. The normalized spacial score (nSPS) is 14.7. The van der Waals surface area contributed by atoms with Gasteiger partial charge in [-0.05, 0) is 22.3 Å². The van der Waals surface area contributed by atoms with E-state index in [0.29, 0.717) is 0 Å². The summed E-state index contributed by atoms with van der Waals surface area (Å²) in [6.07, 6.45) is 3.28. The molecule has 2 amide bonds. The molecule has 0 aliphatic carbocycles. The Kier molecular flexibility index (Phi) is 14.4. The van der Waals surface area contributed by atoms with Gasteiger partial charge in [-0.1, -0.05) is 121 Å². The van der Waals surface area contributed by atoms with Gasteiger partial charge < -0.3 is 40.7 Å². The molecule has 0 fully saturated rings. The van der Waals surface area contributed by atoms with Gasteiger partial charge in [-0.2, -0.15) is 0 Å². The van der Waals surface area contributed by atoms with E-state index in [0.717, 1.165) is 22.3 Å². The van der Waals surface area contributed by atoms with E-state index >= 15 is 0 Å². The smallest absolute Gasteiger partial charge is 0.479 e. The van der Waals surface area contributed by atoms with Crippen molar-refractivity contribution in [2.45, 2.75) is 11.1 Å². The van der Waals surface area contributed by atoms with Crippen molar-refractivity contribution in [3.8, 4) is 0 Å². The van der Waals surface area contributed by atoms with Crippen molar-refractivity contribution in [1.29, 1.82) is 10.8 Å². The maximum atomic E-state index is 12.7. The van der Waals surface area contributed by atoms with Gasteiger partial charge in [0, 0.05) is 35.2 Å². The second kappa shape index (κ2) is 18.4. The Labute approximate surface area is 309 Å². The predicted molar refractivity (Wildman–Crippen MR) is 195 cm³/mol. The summed E-state index contributed by atoms with van der Waals surface area (Å²) in [7, 11) is 2.10. The van der Waals surface area contributed by atoms with E-state index in [2.05, 4.69) is 31.3 Å². The third kappa shape index (κ3) is 9.34. The number of rotatable bonds is 4. The fourth-order valence-corrected chi connectivity index (χ4v) is 5.04. The fourth-order valence-electron chi connectivity index (χ4n) is 5.04. The van der Waals surface area contributed by atoms with E-state index in [4.69, 9.17) is 20.3 Å². The number of amidine groups is 2. The minimum atomic E-state index is -1.24. The molecule has 0 saturated heterocycles. The molecular weight excluding hydrogens is 720 g/mol. The quantitative estimate of drug-likeness (QED) is 0.131. The van der Waals surface area contributed by atoms with Crippen molar-refractivity contribution in [2.24, 2.45) is 9.98 Å². The topological polar surface area (TPSA) is 194 Å². The van der Waals surface area contributed by atoms with Gasteiger partial charge in [0.05, 0.1) is 14.2 Å². The number of guanidine groups is 2. The molecule has 0 bridgehead atoms. The third-order valence-corrected chi connectivity index (χ3v) is 7.21. The van der Waals surface area contributed by atoms with Crippen LogP contribution in [0.25, 0.3) is 10.6 Å². The Bertz CT molecular complexity index is 1680. The van der Waals surface area contributed by atoms with Gasteiger partial charge in [-0.25, -0.2) is 0 Å². The molecule has 2 heterocycles. The number of hydrogen-bond donors (Lipinski definition) is 4. The average Bonchev–Trinajstić information content (AvgIpc) is 3.65. The van der Waals surface area contributed by atoms with Gasteiger partial charge in [0.2, 0.25) is 23.9 Å². The molecule has 2 aliphatic heterocycles. The van der Waals surface area contributed by atoms with Crippen LogP contribution in [0.1, 0.15) is 22.3 Å². The van der Waals surface area contributed by atoms with Crippen molar-refractivity contribution >= 4 is 46.6 Å². The Balaban J connectivity index is 0.000000245. The summed E-state index contributed by atoms with van der Waals surface area (Å²) in [4.78, 5) is 34.5. The van der Waals surface area contributed by atoms with Crippen LogP contribution in [0.5, 0.6) is 0 Å². The number of ether oxygens (including phenoxy) is 2. The summed E-state index contributed by atoms with van der Waals surface area (Å²) < 4.78 is 19.0. The van der Waals surface area contributed by atoms with Crippen LogP contribution in [0.4, 0.5) is 0 Å². The zero-order valence-electron chi connectivity index (χ0n) is 28.1. The summed E-state index contributed by atoms with van der Waals surface area (Å²) in [5, 5.41) is 28.1. The standard InChI is InChI=1S/2C17H16N4O2.C2H6OS.Cu/c2*1-23-15(18)20-16-19-14(22)17(21-16,12-8-4-2-5-9-12)13-10-6-3-7-11-13;1-4(2)3;/h2*2-11H,1H3,(H3,18,19,20,21,22);1-2H3;/q;;;+2/p-2. The SMILES string of the molecule is COC(=N)NC1=NC(c2ccccc2)(c2ccccc2)C(=O)[N-]1.COC(=N)NC1=NC(c2ccccc2)(c2ccccc2)C(=O)[N-]1.CS(C)=O.[Cu+2]. The van der Waals surface area contributed by atoms with Crippen molar-refractivity contribution in [3.63, 3.8) is 0 Å². The monoisotopic (exact) mass is 755 g/mol. The van der Waals surface area contributed by atoms with E-state index in [9.17, 15) is 13.8 Å². The summed E-state index contributed by atoms with van der Waals surface area (Å²) in [6.45, 7) is 0. The Morgan fingerprint density at radius 3 is 1.04 bits per heavy atom. The molecule has 13 nitrogen and oxygen atoms in total. The molecule has 0 atom stereocenters. The average molecular weight is 756 g/mol. The van der Waals surface area contributed by atoms with E-state index in [1.54, 1.807) is 12.5 Å². The first-order valence-electron chi connectivity index (χ1n) is 15.0. The molecule has 0 spiro atoms. The van der Waals surface area contributed by atoms with Gasteiger partial charge in [-0.3, -0.25) is 24.6 Å². The van der Waals surface area contributed by atoms with Crippen LogP contribution in [-0.2, 0) is 58.0 Å². The van der Waals surface area contributed by atoms with Gasteiger partial charge in [0.25, 0.3) is 0 Å². The molecule has 15 heteroatoms. The molecule has 0 unspecified atom stereocenters. The first-order valence-corrected chi connectivity index (χ1v) is 17.0. The molecular formula is C36H36CuN8O5S. The maximum Gasteiger partial charge on any atom is 2.00 e. The number of hydrogen-bond acceptors (Lipinski definition) is 9. The number of nitrogens with one attached hydrogen (secondary N) is 4. The fraction of sp³-hybridized carbons (Fsp3) is 0.167. The number of benzene rings is 4. The molecule has 6 rings (SSSR count). The largest absolute Gasteiger partial charge is 2.00 e. The van der Waals surface area contributed by atoms with E-state index < -0.39 is 33.7 Å². The first kappa shape index (κ1) is 39.8. The zero-order chi connectivity index (χ0) is 36.1. The van der Waals surface area contributed by atoms with Gasteiger partial charge in [0.15, 0.2) is 0 Å². The number of carbonyl (C=O) groups is 2. The van der Waals surface area contributed by atoms with Gasteiger partial charge >= 0.3 is 17.1 Å². The summed E-state index contributed by atoms with van der Waals surface area (Å²) in [6, 6.07) is 36.6. The zero-order valence-corrected chi connectivity index (χ0v) is 29.8. The number of nitrogens with zero attached hydrogens (tertiary/aromatic N) is 4. The second-order valence-corrected chi connectivity index (χ2v) is 12.1. The molecule has 0 aromatic heterocycles. The maximum absolute atomic E-state index is 12.7. The first-order chi connectivity index (χ1) is 24.1. The Morgan fingerprint density at radius 2 is 0.824 bits per heavy atom. The summed E-state index contributed by atoms with van der Waals surface area (Å²) >= 11 is 0. The molecule has 4 aromatic carbocycles.